The van der Waals surface area contributed by atoms with Crippen molar-refractivity contribution in [3.05, 3.63) is 36.3 Å². The summed E-state index contributed by atoms with van der Waals surface area (Å²) < 4.78 is 13.0. The highest BCUT2D eigenvalue weighted by molar-refractivity contribution is 7.99. The van der Waals surface area contributed by atoms with Crippen LogP contribution in [0.3, 0.4) is 0 Å². The van der Waals surface area contributed by atoms with Crippen LogP contribution < -0.4 is 0 Å². The zero-order valence-electron chi connectivity index (χ0n) is 13.8. The molecule has 128 valence electrons. The second-order valence-electron chi connectivity index (χ2n) is 6.19. The highest BCUT2D eigenvalue weighted by Gasteiger charge is 2.22. The van der Waals surface area contributed by atoms with Gasteiger partial charge in [-0.25, -0.2) is 9.37 Å². The van der Waals surface area contributed by atoms with E-state index in [0.717, 1.165) is 24.1 Å². The van der Waals surface area contributed by atoms with E-state index in [9.17, 15) is 9.18 Å². The first-order valence-corrected chi connectivity index (χ1v) is 9.31. The second-order valence-corrected chi connectivity index (χ2v) is 7.16. The summed E-state index contributed by atoms with van der Waals surface area (Å²) in [5, 5.41) is 0.708. The second kappa shape index (κ2) is 7.83. The molecule has 0 saturated heterocycles. The number of nitrogens with zero attached hydrogens (tertiary/aromatic N) is 2. The van der Waals surface area contributed by atoms with E-state index in [1.807, 2.05) is 11.9 Å². The number of halogens is 1. The lowest BCUT2D eigenvalue weighted by atomic mass is 9.94. The molecule has 1 N–H and O–H groups in total. The first-order chi connectivity index (χ1) is 11.6. The maximum Gasteiger partial charge on any atom is 0.233 e. The Labute approximate surface area is 145 Å². The van der Waals surface area contributed by atoms with Gasteiger partial charge in [-0.2, -0.15) is 0 Å². The monoisotopic (exact) mass is 347 g/mol. The van der Waals surface area contributed by atoms with Crippen LogP contribution in [0.25, 0.3) is 11.3 Å². The molecule has 0 radical (unpaired) electrons. The molecule has 1 aliphatic carbocycles. The van der Waals surface area contributed by atoms with Crippen LogP contribution in [0.15, 0.2) is 35.6 Å². The Balaban J connectivity index is 1.55. The van der Waals surface area contributed by atoms with Gasteiger partial charge in [-0.3, -0.25) is 4.79 Å². The summed E-state index contributed by atoms with van der Waals surface area (Å²) in [4.78, 5) is 21.7. The van der Waals surface area contributed by atoms with E-state index >= 15 is 0 Å². The topological polar surface area (TPSA) is 49.0 Å². The standard InChI is InChI=1S/C18H22FN3OS/c1-22(15-5-3-2-4-6-15)17(23)12-24-18-20-11-16(21-18)13-7-9-14(19)10-8-13/h7-11,15H,2-6,12H2,1H3,(H,20,21). The number of carbonyl (C=O) groups excluding carboxylic acids is 1. The Morgan fingerprint density at radius 1 is 1.29 bits per heavy atom. The predicted molar refractivity (Wildman–Crippen MR) is 94.3 cm³/mol. The zero-order valence-corrected chi connectivity index (χ0v) is 14.6. The van der Waals surface area contributed by atoms with Crippen LogP contribution in [0, 0.1) is 5.82 Å². The van der Waals surface area contributed by atoms with Crippen LogP contribution in [0.2, 0.25) is 0 Å². The summed E-state index contributed by atoms with van der Waals surface area (Å²) in [5.41, 5.74) is 1.70. The number of hydrogen-bond donors (Lipinski definition) is 1. The van der Waals surface area contributed by atoms with E-state index < -0.39 is 0 Å². The molecular weight excluding hydrogens is 325 g/mol. The molecule has 1 saturated carbocycles. The Morgan fingerprint density at radius 3 is 2.71 bits per heavy atom. The fourth-order valence-electron chi connectivity index (χ4n) is 3.06. The fraction of sp³-hybridized carbons (Fsp3) is 0.444. The molecule has 6 heteroatoms. The Hall–Kier alpha value is -1.82. The van der Waals surface area contributed by atoms with E-state index in [4.69, 9.17) is 0 Å². The lowest BCUT2D eigenvalue weighted by Crippen LogP contribution is -2.39. The van der Waals surface area contributed by atoms with Gasteiger partial charge in [-0.1, -0.05) is 31.0 Å². The normalized spacial score (nSPS) is 15.4. The van der Waals surface area contributed by atoms with Gasteiger partial charge < -0.3 is 9.88 Å². The van der Waals surface area contributed by atoms with Gasteiger partial charge in [-0.05, 0) is 42.7 Å². The van der Waals surface area contributed by atoms with Crippen LogP contribution in [-0.2, 0) is 4.79 Å². The Morgan fingerprint density at radius 2 is 2.00 bits per heavy atom. The number of carbonyl (C=O) groups is 1. The summed E-state index contributed by atoms with van der Waals surface area (Å²) in [5.74, 6) is 0.263. The maximum absolute atomic E-state index is 13.0. The predicted octanol–water partition coefficient (Wildman–Crippen LogP) is 4.10. The van der Waals surface area contributed by atoms with Crippen molar-refractivity contribution < 1.29 is 9.18 Å². The van der Waals surface area contributed by atoms with Crippen LogP contribution in [0.4, 0.5) is 4.39 Å². The van der Waals surface area contributed by atoms with Gasteiger partial charge in [0.05, 0.1) is 17.6 Å². The number of benzene rings is 1. The summed E-state index contributed by atoms with van der Waals surface area (Å²) >= 11 is 1.41. The van der Waals surface area contributed by atoms with Crippen molar-refractivity contribution in [2.24, 2.45) is 0 Å². The average molecular weight is 347 g/mol. The molecular formula is C18H22FN3OS. The molecule has 0 bridgehead atoms. The van der Waals surface area contributed by atoms with Crippen molar-refractivity contribution in [1.29, 1.82) is 0 Å². The number of thioether (sulfide) groups is 1. The highest BCUT2D eigenvalue weighted by Crippen LogP contribution is 2.24. The first kappa shape index (κ1) is 17.0. The molecule has 1 aromatic heterocycles. The average Bonchev–Trinajstić information content (AvgIpc) is 3.09. The van der Waals surface area contributed by atoms with Gasteiger partial charge in [0.2, 0.25) is 5.91 Å². The molecule has 24 heavy (non-hydrogen) atoms. The molecule has 1 heterocycles. The molecule has 1 fully saturated rings. The van der Waals surface area contributed by atoms with Crippen LogP contribution in [0.1, 0.15) is 32.1 Å². The molecule has 0 spiro atoms. The summed E-state index contributed by atoms with van der Waals surface area (Å²) in [6, 6.07) is 6.65. The van der Waals surface area contributed by atoms with Crippen molar-refractivity contribution in [2.75, 3.05) is 12.8 Å². The third-order valence-corrected chi connectivity index (χ3v) is 5.43. The minimum atomic E-state index is -0.260. The van der Waals surface area contributed by atoms with Gasteiger partial charge >= 0.3 is 0 Å². The Kier molecular flexibility index (Phi) is 5.56. The van der Waals surface area contributed by atoms with E-state index in [1.54, 1.807) is 18.3 Å². The van der Waals surface area contributed by atoms with Crippen LogP contribution in [-0.4, -0.2) is 39.6 Å². The highest BCUT2D eigenvalue weighted by atomic mass is 32.2. The number of nitrogens with one attached hydrogen (secondary N) is 1. The van der Waals surface area contributed by atoms with Crippen molar-refractivity contribution in [3.63, 3.8) is 0 Å². The van der Waals surface area contributed by atoms with Gasteiger partial charge in [-0.15, -0.1) is 0 Å². The third kappa shape index (κ3) is 4.17. The first-order valence-electron chi connectivity index (χ1n) is 8.33. The van der Waals surface area contributed by atoms with Gasteiger partial charge in [0, 0.05) is 13.1 Å². The fourth-order valence-corrected chi connectivity index (χ4v) is 3.83. The SMILES string of the molecule is CN(C(=O)CSc1ncc(-c2ccc(F)cc2)[nH]1)C1CCCCC1. The molecule has 4 nitrogen and oxygen atoms in total. The lowest BCUT2D eigenvalue weighted by molar-refractivity contribution is -0.129. The lowest BCUT2D eigenvalue weighted by Gasteiger charge is -2.31. The number of imidazole rings is 1. The molecule has 0 atom stereocenters. The smallest absolute Gasteiger partial charge is 0.233 e. The van der Waals surface area contributed by atoms with Gasteiger partial charge in [0.1, 0.15) is 5.82 Å². The number of aromatic nitrogens is 2. The van der Waals surface area contributed by atoms with E-state index in [2.05, 4.69) is 9.97 Å². The maximum atomic E-state index is 13.0. The van der Waals surface area contributed by atoms with E-state index in [-0.39, 0.29) is 11.7 Å². The quantitative estimate of drug-likeness (QED) is 0.829. The molecule has 0 unspecified atom stereocenters. The molecule has 1 aliphatic rings. The van der Waals surface area contributed by atoms with Crippen molar-refractivity contribution in [3.8, 4) is 11.3 Å². The molecule has 2 aromatic rings. The van der Waals surface area contributed by atoms with Gasteiger partial charge in [0.15, 0.2) is 5.16 Å². The van der Waals surface area contributed by atoms with E-state index in [0.29, 0.717) is 17.0 Å². The Bertz CT molecular complexity index is 680. The summed E-state index contributed by atoms with van der Waals surface area (Å²) in [6.07, 6.45) is 7.66. The van der Waals surface area contributed by atoms with Crippen LogP contribution in [0.5, 0.6) is 0 Å². The largest absolute Gasteiger partial charge is 0.342 e. The number of aromatic amines is 1. The number of rotatable bonds is 5. The summed E-state index contributed by atoms with van der Waals surface area (Å²) in [7, 11) is 1.91. The van der Waals surface area contributed by atoms with Crippen LogP contribution >= 0.6 is 11.8 Å². The minimum Gasteiger partial charge on any atom is -0.342 e. The number of H-pyrrole nitrogens is 1. The number of hydrogen-bond acceptors (Lipinski definition) is 3. The van der Waals surface area contributed by atoms with Crippen molar-refractivity contribution in [1.82, 2.24) is 14.9 Å². The molecule has 3 rings (SSSR count). The van der Waals surface area contributed by atoms with Crippen molar-refractivity contribution >= 4 is 17.7 Å². The van der Waals surface area contributed by atoms with Crippen molar-refractivity contribution in [2.45, 2.75) is 43.3 Å². The van der Waals surface area contributed by atoms with E-state index in [1.165, 1.54) is 43.2 Å². The summed E-state index contributed by atoms with van der Waals surface area (Å²) in [6.45, 7) is 0. The molecule has 1 amide bonds. The number of amides is 1. The molecule has 1 aromatic carbocycles. The third-order valence-electron chi connectivity index (χ3n) is 4.56. The zero-order chi connectivity index (χ0) is 16.9. The molecule has 0 aliphatic heterocycles. The minimum absolute atomic E-state index is 0.145. The van der Waals surface area contributed by atoms with Gasteiger partial charge in [0.25, 0.3) is 0 Å².